The zero-order valence-corrected chi connectivity index (χ0v) is 13.0. The van der Waals surface area contributed by atoms with Crippen LogP contribution in [0.4, 0.5) is 0 Å². The van der Waals surface area contributed by atoms with Crippen molar-refractivity contribution in [3.05, 3.63) is 12.2 Å². The quantitative estimate of drug-likeness (QED) is 0.420. The standard InChI is InChI=1S/C16H30O5/c1-2-3-4-5-6-7-8-9-10-20-14-12-21-13(11-17)15(18)16(14)19/h8-9,13-19H,2-7,10-12H2,1H3/b9-8+/t13-,14+,15-,16-/m1/s1. The minimum atomic E-state index is -1.10. The minimum absolute atomic E-state index is 0.189. The molecule has 0 aromatic rings. The van der Waals surface area contributed by atoms with Crippen LogP contribution in [0.15, 0.2) is 12.2 Å². The van der Waals surface area contributed by atoms with E-state index in [0.29, 0.717) is 6.61 Å². The Morgan fingerprint density at radius 1 is 1.10 bits per heavy atom. The Balaban J connectivity index is 2.09. The topological polar surface area (TPSA) is 79.2 Å². The van der Waals surface area contributed by atoms with Gasteiger partial charge in [0.2, 0.25) is 0 Å². The highest BCUT2D eigenvalue weighted by molar-refractivity contribution is 4.88. The van der Waals surface area contributed by atoms with Gasteiger partial charge in [-0.1, -0.05) is 44.8 Å². The van der Waals surface area contributed by atoms with E-state index >= 15 is 0 Å². The van der Waals surface area contributed by atoms with Crippen molar-refractivity contribution in [3.8, 4) is 0 Å². The van der Waals surface area contributed by atoms with Crippen LogP contribution in [0.25, 0.3) is 0 Å². The first-order chi connectivity index (χ1) is 10.2. The lowest BCUT2D eigenvalue weighted by atomic mass is 10.0. The second-order valence-electron chi connectivity index (χ2n) is 5.58. The summed E-state index contributed by atoms with van der Waals surface area (Å²) >= 11 is 0. The average molecular weight is 302 g/mol. The van der Waals surface area contributed by atoms with Crippen LogP contribution in [0, 0.1) is 0 Å². The number of rotatable bonds is 10. The molecule has 1 fully saturated rings. The van der Waals surface area contributed by atoms with E-state index in [9.17, 15) is 10.2 Å². The van der Waals surface area contributed by atoms with Gasteiger partial charge in [0.25, 0.3) is 0 Å². The lowest BCUT2D eigenvalue weighted by Gasteiger charge is -2.36. The van der Waals surface area contributed by atoms with Gasteiger partial charge in [0.05, 0.1) is 19.8 Å². The second kappa shape index (κ2) is 11.2. The molecule has 1 heterocycles. The Morgan fingerprint density at radius 2 is 1.86 bits per heavy atom. The van der Waals surface area contributed by atoms with Gasteiger partial charge < -0.3 is 24.8 Å². The molecular weight excluding hydrogens is 272 g/mol. The molecule has 3 N–H and O–H groups in total. The number of hydrogen-bond acceptors (Lipinski definition) is 5. The predicted octanol–water partition coefficient (Wildman–Crippen LogP) is 1.40. The molecule has 5 nitrogen and oxygen atoms in total. The van der Waals surface area contributed by atoms with Gasteiger partial charge >= 0.3 is 0 Å². The molecule has 0 unspecified atom stereocenters. The Hall–Kier alpha value is -0.460. The summed E-state index contributed by atoms with van der Waals surface area (Å²) in [5.74, 6) is 0. The first-order valence-electron chi connectivity index (χ1n) is 8.05. The van der Waals surface area contributed by atoms with Gasteiger partial charge in [0, 0.05) is 0 Å². The first-order valence-corrected chi connectivity index (χ1v) is 8.05. The Morgan fingerprint density at radius 3 is 2.57 bits per heavy atom. The summed E-state index contributed by atoms with van der Waals surface area (Å²) in [7, 11) is 0. The summed E-state index contributed by atoms with van der Waals surface area (Å²) in [6, 6.07) is 0. The molecule has 0 bridgehead atoms. The van der Waals surface area contributed by atoms with Gasteiger partial charge in [0.1, 0.15) is 24.4 Å². The molecular formula is C16H30O5. The largest absolute Gasteiger partial charge is 0.394 e. The van der Waals surface area contributed by atoms with Crippen molar-refractivity contribution in [1.29, 1.82) is 0 Å². The Labute approximate surface area is 127 Å². The first kappa shape index (κ1) is 18.6. The zero-order chi connectivity index (χ0) is 15.5. The van der Waals surface area contributed by atoms with Crippen molar-refractivity contribution in [2.75, 3.05) is 19.8 Å². The fraction of sp³-hybridized carbons (Fsp3) is 0.875. The van der Waals surface area contributed by atoms with Crippen molar-refractivity contribution in [2.24, 2.45) is 0 Å². The van der Waals surface area contributed by atoms with Crippen LogP contribution in [0.2, 0.25) is 0 Å². The smallest absolute Gasteiger partial charge is 0.111 e. The van der Waals surface area contributed by atoms with Crippen LogP contribution in [-0.2, 0) is 9.47 Å². The van der Waals surface area contributed by atoms with E-state index in [1.54, 1.807) is 0 Å². The summed E-state index contributed by atoms with van der Waals surface area (Å²) in [5, 5.41) is 28.6. The number of ether oxygens (including phenoxy) is 2. The van der Waals surface area contributed by atoms with E-state index in [4.69, 9.17) is 14.6 Å². The van der Waals surface area contributed by atoms with Crippen molar-refractivity contribution in [3.63, 3.8) is 0 Å². The van der Waals surface area contributed by atoms with Crippen LogP contribution >= 0.6 is 0 Å². The SMILES string of the molecule is CCCCCCC/C=C/CO[C@H]1CO[C@H](CO)[C@@H](O)[C@@H]1O. The van der Waals surface area contributed by atoms with E-state index in [0.717, 1.165) is 6.42 Å². The van der Waals surface area contributed by atoms with E-state index in [-0.39, 0.29) is 13.2 Å². The van der Waals surface area contributed by atoms with Crippen molar-refractivity contribution in [1.82, 2.24) is 0 Å². The summed E-state index contributed by atoms with van der Waals surface area (Å²) in [6.45, 7) is 2.49. The van der Waals surface area contributed by atoms with Gasteiger partial charge in [-0.15, -0.1) is 0 Å². The molecule has 1 saturated heterocycles. The average Bonchev–Trinajstić information content (AvgIpc) is 2.50. The molecule has 0 amide bonds. The van der Waals surface area contributed by atoms with Crippen LogP contribution in [-0.4, -0.2) is 59.6 Å². The Bertz CT molecular complexity index is 282. The molecule has 1 rings (SSSR count). The van der Waals surface area contributed by atoms with E-state index < -0.39 is 24.4 Å². The maximum atomic E-state index is 9.87. The van der Waals surface area contributed by atoms with Crippen molar-refractivity contribution >= 4 is 0 Å². The second-order valence-corrected chi connectivity index (χ2v) is 5.58. The van der Waals surface area contributed by atoms with E-state index in [1.807, 2.05) is 6.08 Å². The molecule has 4 atom stereocenters. The van der Waals surface area contributed by atoms with Crippen molar-refractivity contribution in [2.45, 2.75) is 69.9 Å². The van der Waals surface area contributed by atoms with Crippen LogP contribution in [0.1, 0.15) is 45.4 Å². The summed E-state index contributed by atoms with van der Waals surface area (Å²) < 4.78 is 10.7. The third-order valence-corrected chi connectivity index (χ3v) is 3.81. The number of aliphatic hydroxyl groups is 3. The lowest BCUT2D eigenvalue weighted by Crippen LogP contribution is -2.54. The highest BCUT2D eigenvalue weighted by Crippen LogP contribution is 2.17. The number of hydrogen-bond donors (Lipinski definition) is 3. The highest BCUT2D eigenvalue weighted by Gasteiger charge is 2.38. The molecule has 21 heavy (non-hydrogen) atoms. The van der Waals surface area contributed by atoms with Crippen molar-refractivity contribution < 1.29 is 24.8 Å². The predicted molar refractivity (Wildman–Crippen MR) is 81.1 cm³/mol. The molecule has 0 aromatic carbocycles. The molecule has 1 aliphatic rings. The van der Waals surface area contributed by atoms with E-state index in [1.165, 1.54) is 32.1 Å². The van der Waals surface area contributed by atoms with Gasteiger partial charge in [-0.3, -0.25) is 0 Å². The van der Waals surface area contributed by atoms with Crippen LogP contribution in [0.5, 0.6) is 0 Å². The van der Waals surface area contributed by atoms with Gasteiger partial charge in [-0.2, -0.15) is 0 Å². The number of allylic oxidation sites excluding steroid dienone is 1. The molecule has 0 radical (unpaired) electrons. The summed E-state index contributed by atoms with van der Waals surface area (Å²) in [4.78, 5) is 0. The fourth-order valence-electron chi connectivity index (χ4n) is 2.39. The van der Waals surface area contributed by atoms with E-state index in [2.05, 4.69) is 13.0 Å². The molecule has 0 aliphatic carbocycles. The number of unbranched alkanes of at least 4 members (excludes halogenated alkanes) is 5. The van der Waals surface area contributed by atoms with Gasteiger partial charge in [-0.05, 0) is 12.8 Å². The van der Waals surface area contributed by atoms with Gasteiger partial charge in [-0.25, -0.2) is 0 Å². The zero-order valence-electron chi connectivity index (χ0n) is 13.0. The van der Waals surface area contributed by atoms with Crippen LogP contribution < -0.4 is 0 Å². The summed E-state index contributed by atoms with van der Waals surface area (Å²) in [6.07, 6.45) is 8.03. The minimum Gasteiger partial charge on any atom is -0.394 e. The maximum absolute atomic E-state index is 9.87. The molecule has 0 spiro atoms. The number of aliphatic hydroxyl groups excluding tert-OH is 3. The summed E-state index contributed by atoms with van der Waals surface area (Å²) in [5.41, 5.74) is 0. The highest BCUT2D eigenvalue weighted by atomic mass is 16.6. The maximum Gasteiger partial charge on any atom is 0.111 e. The lowest BCUT2D eigenvalue weighted by molar-refractivity contribution is -0.205. The monoisotopic (exact) mass is 302 g/mol. The normalized spacial score (nSPS) is 30.1. The Kier molecular flexibility index (Phi) is 9.87. The molecule has 1 aliphatic heterocycles. The van der Waals surface area contributed by atoms with Gasteiger partial charge in [0.15, 0.2) is 0 Å². The fourth-order valence-corrected chi connectivity index (χ4v) is 2.39. The third kappa shape index (κ3) is 6.89. The third-order valence-electron chi connectivity index (χ3n) is 3.81. The molecule has 0 saturated carbocycles. The van der Waals surface area contributed by atoms with Crippen LogP contribution in [0.3, 0.4) is 0 Å². The molecule has 124 valence electrons. The molecule has 0 aromatic heterocycles. The molecule has 5 heteroatoms.